The van der Waals surface area contributed by atoms with E-state index in [4.69, 9.17) is 16.3 Å². The van der Waals surface area contributed by atoms with Gasteiger partial charge < -0.3 is 9.64 Å². The molecule has 1 amide bonds. The van der Waals surface area contributed by atoms with Crippen molar-refractivity contribution in [1.82, 2.24) is 4.90 Å². The molecule has 1 aliphatic rings. The highest BCUT2D eigenvalue weighted by Crippen LogP contribution is 2.35. The quantitative estimate of drug-likeness (QED) is 0.690. The van der Waals surface area contributed by atoms with Crippen molar-refractivity contribution in [2.45, 2.75) is 24.7 Å². The van der Waals surface area contributed by atoms with E-state index in [0.717, 1.165) is 17.1 Å². The molecule has 1 aliphatic heterocycles. The largest absolute Gasteiger partial charge is 0.495 e. The fourth-order valence-corrected chi connectivity index (χ4v) is 5.12. The molecule has 3 rings (SSSR count). The highest BCUT2D eigenvalue weighted by atomic mass is 35.5. The van der Waals surface area contributed by atoms with Crippen molar-refractivity contribution in [3.05, 3.63) is 53.6 Å². The van der Waals surface area contributed by atoms with Gasteiger partial charge in [-0.05, 0) is 49.1 Å². The number of halogens is 1. The van der Waals surface area contributed by atoms with Crippen LogP contribution in [0.4, 0.5) is 5.69 Å². The van der Waals surface area contributed by atoms with Crippen LogP contribution in [0.3, 0.4) is 0 Å². The number of carbonyl (C=O) groups excluding carboxylic acids is 1. The van der Waals surface area contributed by atoms with Crippen LogP contribution in [-0.4, -0.2) is 46.0 Å². The van der Waals surface area contributed by atoms with Crippen LogP contribution in [0.5, 0.6) is 5.75 Å². The Labute approximate surface area is 177 Å². The number of benzene rings is 2. The van der Waals surface area contributed by atoms with Crippen LogP contribution in [0.2, 0.25) is 5.02 Å². The third-order valence-electron chi connectivity index (χ3n) is 5.03. The number of methoxy groups -OCH3 is 1. The number of amides is 1. The molecule has 1 heterocycles. The Morgan fingerprint density at radius 3 is 2.62 bits per heavy atom. The minimum Gasteiger partial charge on any atom is -0.495 e. The van der Waals surface area contributed by atoms with Gasteiger partial charge in [0.2, 0.25) is 5.91 Å². The van der Waals surface area contributed by atoms with Crippen LogP contribution in [0, 0.1) is 5.92 Å². The summed E-state index contributed by atoms with van der Waals surface area (Å²) in [5.74, 6) is 0.486. The van der Waals surface area contributed by atoms with Gasteiger partial charge in [0.25, 0.3) is 10.0 Å². The molecule has 1 atom stereocenters. The molecule has 2 aromatic carbocycles. The first-order valence-electron chi connectivity index (χ1n) is 9.52. The Balaban J connectivity index is 2.03. The molecule has 2 aromatic rings. The highest BCUT2D eigenvalue weighted by Gasteiger charge is 2.32. The Morgan fingerprint density at radius 1 is 1.24 bits per heavy atom. The van der Waals surface area contributed by atoms with Crippen molar-refractivity contribution in [1.29, 1.82) is 0 Å². The fraction of sp³-hybridized carbons (Fsp3) is 0.381. The molecule has 0 N–H and O–H groups in total. The molecular weight excluding hydrogens is 412 g/mol. The van der Waals surface area contributed by atoms with Crippen molar-refractivity contribution < 1.29 is 17.9 Å². The second-order valence-corrected chi connectivity index (χ2v) is 9.53. The van der Waals surface area contributed by atoms with Gasteiger partial charge in [0.1, 0.15) is 12.3 Å². The monoisotopic (exact) mass is 436 g/mol. The van der Waals surface area contributed by atoms with E-state index in [9.17, 15) is 13.2 Å². The fourth-order valence-electron chi connectivity index (χ4n) is 3.52. The second-order valence-electron chi connectivity index (χ2n) is 7.23. The van der Waals surface area contributed by atoms with Gasteiger partial charge in [-0.3, -0.25) is 9.10 Å². The summed E-state index contributed by atoms with van der Waals surface area (Å²) in [6, 6.07) is 12.8. The summed E-state index contributed by atoms with van der Waals surface area (Å²) in [7, 11) is -2.55. The van der Waals surface area contributed by atoms with Gasteiger partial charge in [0.15, 0.2) is 0 Å². The van der Waals surface area contributed by atoms with E-state index in [2.05, 4.69) is 6.92 Å². The van der Waals surface area contributed by atoms with Crippen LogP contribution in [0.25, 0.3) is 0 Å². The summed E-state index contributed by atoms with van der Waals surface area (Å²) in [5.41, 5.74) is 0.238. The number of sulfonamides is 1. The summed E-state index contributed by atoms with van der Waals surface area (Å²) in [6.45, 7) is 3.04. The van der Waals surface area contributed by atoms with Gasteiger partial charge in [-0.1, -0.05) is 36.7 Å². The van der Waals surface area contributed by atoms with Gasteiger partial charge in [-0.2, -0.15) is 0 Å². The lowest BCUT2D eigenvalue weighted by Gasteiger charge is -2.33. The minimum absolute atomic E-state index is 0.0989. The molecule has 0 radical (unpaired) electrons. The Kier molecular flexibility index (Phi) is 6.70. The van der Waals surface area contributed by atoms with Crippen LogP contribution in [0.1, 0.15) is 19.8 Å². The third-order valence-corrected chi connectivity index (χ3v) is 7.04. The van der Waals surface area contributed by atoms with Crippen molar-refractivity contribution in [3.63, 3.8) is 0 Å². The average Bonchev–Trinajstić information content (AvgIpc) is 2.72. The topological polar surface area (TPSA) is 66.9 Å². The van der Waals surface area contributed by atoms with E-state index >= 15 is 0 Å². The first-order valence-corrected chi connectivity index (χ1v) is 11.3. The maximum Gasteiger partial charge on any atom is 0.264 e. The number of piperidine rings is 1. The van der Waals surface area contributed by atoms with Crippen LogP contribution in [-0.2, 0) is 14.8 Å². The lowest BCUT2D eigenvalue weighted by atomic mass is 10.0. The summed E-state index contributed by atoms with van der Waals surface area (Å²) >= 11 is 6.15. The van der Waals surface area contributed by atoms with Crippen LogP contribution < -0.4 is 9.04 Å². The average molecular weight is 437 g/mol. The van der Waals surface area contributed by atoms with E-state index in [0.29, 0.717) is 29.8 Å². The van der Waals surface area contributed by atoms with Crippen molar-refractivity contribution in [2.24, 2.45) is 5.92 Å². The van der Waals surface area contributed by atoms with Gasteiger partial charge in [0, 0.05) is 18.1 Å². The zero-order valence-corrected chi connectivity index (χ0v) is 18.1. The predicted octanol–water partition coefficient (Wildman–Crippen LogP) is 3.80. The van der Waals surface area contributed by atoms with Crippen LogP contribution in [0.15, 0.2) is 53.4 Å². The maximum absolute atomic E-state index is 13.5. The van der Waals surface area contributed by atoms with Gasteiger partial charge >= 0.3 is 0 Å². The van der Waals surface area contributed by atoms with Gasteiger partial charge in [0.05, 0.1) is 17.7 Å². The summed E-state index contributed by atoms with van der Waals surface area (Å²) in [5, 5.41) is 0.355. The molecule has 1 fully saturated rings. The maximum atomic E-state index is 13.5. The van der Waals surface area contributed by atoms with E-state index in [1.807, 2.05) is 0 Å². The number of carbonyl (C=O) groups is 1. The molecular formula is C21H25ClN2O4S. The molecule has 29 heavy (non-hydrogen) atoms. The van der Waals surface area contributed by atoms with E-state index < -0.39 is 10.0 Å². The van der Waals surface area contributed by atoms with E-state index in [1.165, 1.54) is 25.3 Å². The van der Waals surface area contributed by atoms with E-state index in [1.54, 1.807) is 35.2 Å². The normalized spacial score (nSPS) is 17.1. The second kappa shape index (κ2) is 9.05. The number of rotatable bonds is 6. The third kappa shape index (κ3) is 4.85. The molecule has 0 aliphatic carbocycles. The summed E-state index contributed by atoms with van der Waals surface area (Å²) < 4.78 is 33.4. The van der Waals surface area contributed by atoms with Crippen molar-refractivity contribution >= 4 is 33.2 Å². The van der Waals surface area contributed by atoms with E-state index in [-0.39, 0.29) is 23.0 Å². The first-order chi connectivity index (χ1) is 13.8. The number of likely N-dealkylation sites (tertiary alicyclic amines) is 1. The lowest BCUT2D eigenvalue weighted by molar-refractivity contribution is -0.131. The number of anilines is 1. The predicted molar refractivity (Wildman–Crippen MR) is 114 cm³/mol. The molecule has 0 aromatic heterocycles. The molecule has 0 saturated carbocycles. The minimum atomic E-state index is -4.00. The zero-order chi connectivity index (χ0) is 21.0. The molecule has 6 nitrogen and oxygen atoms in total. The van der Waals surface area contributed by atoms with Crippen LogP contribution >= 0.6 is 11.6 Å². The van der Waals surface area contributed by atoms with Crippen molar-refractivity contribution in [2.75, 3.05) is 31.0 Å². The number of hydrogen-bond donors (Lipinski definition) is 0. The van der Waals surface area contributed by atoms with Gasteiger partial charge in [-0.15, -0.1) is 0 Å². The SMILES string of the molecule is COc1ccc(Cl)cc1N(CC(=O)N1CCC[C@H](C)C1)S(=O)(=O)c1ccccc1. The standard InChI is InChI=1S/C21H25ClN2O4S/c1-16-7-6-12-23(14-16)21(25)15-24(19-13-17(22)10-11-20(19)28-2)29(26,27)18-8-4-3-5-9-18/h3-5,8-11,13,16H,6-7,12,14-15H2,1-2H3/t16-/m0/s1. The molecule has 1 saturated heterocycles. The Morgan fingerprint density at radius 2 is 1.97 bits per heavy atom. The highest BCUT2D eigenvalue weighted by molar-refractivity contribution is 7.92. The van der Waals surface area contributed by atoms with Crippen molar-refractivity contribution in [3.8, 4) is 5.75 Å². The summed E-state index contributed by atoms with van der Waals surface area (Å²) in [6.07, 6.45) is 1.98. The molecule has 0 unspecified atom stereocenters. The first kappa shape index (κ1) is 21.5. The summed E-state index contributed by atoms with van der Waals surface area (Å²) in [4.78, 5) is 14.9. The zero-order valence-electron chi connectivity index (χ0n) is 16.5. The Bertz CT molecular complexity index is 966. The smallest absolute Gasteiger partial charge is 0.264 e. The molecule has 156 valence electrons. The van der Waals surface area contributed by atoms with Gasteiger partial charge in [-0.25, -0.2) is 8.42 Å². The Hall–Kier alpha value is -2.25. The molecule has 8 heteroatoms. The lowest BCUT2D eigenvalue weighted by Crippen LogP contribution is -2.46. The number of hydrogen-bond acceptors (Lipinski definition) is 4. The molecule has 0 bridgehead atoms. The number of nitrogens with zero attached hydrogens (tertiary/aromatic N) is 2. The molecule has 0 spiro atoms. The number of ether oxygens (including phenoxy) is 1.